The van der Waals surface area contributed by atoms with Crippen LogP contribution in [0.4, 0.5) is 4.79 Å². The summed E-state index contributed by atoms with van der Waals surface area (Å²) in [5.41, 5.74) is 4.66. The summed E-state index contributed by atoms with van der Waals surface area (Å²) in [7, 11) is 0. The number of rotatable bonds is 9. The minimum absolute atomic E-state index is 0.00510. The van der Waals surface area contributed by atoms with E-state index in [4.69, 9.17) is 4.74 Å². The second-order valence-corrected chi connectivity index (χ2v) is 9.84. The Morgan fingerprint density at radius 1 is 1.06 bits per heavy atom. The van der Waals surface area contributed by atoms with Gasteiger partial charge in [-0.15, -0.1) is 0 Å². The Labute approximate surface area is 203 Å². The van der Waals surface area contributed by atoms with Crippen molar-refractivity contribution in [1.29, 1.82) is 0 Å². The van der Waals surface area contributed by atoms with Crippen LogP contribution in [-0.4, -0.2) is 53.8 Å². The average molecular weight is 483 g/mol. The Morgan fingerprint density at radius 2 is 1.71 bits per heavy atom. The summed E-state index contributed by atoms with van der Waals surface area (Å²) in [6, 6.07) is 15.3. The first kappa shape index (κ1) is 24.1. The van der Waals surface area contributed by atoms with Gasteiger partial charge in [0.15, 0.2) is 0 Å². The third-order valence-corrected chi connectivity index (χ3v) is 7.34. The van der Waals surface area contributed by atoms with E-state index in [9.17, 15) is 19.5 Å². The van der Waals surface area contributed by atoms with Gasteiger partial charge in [-0.2, -0.15) is 11.8 Å². The number of fused-ring (bicyclic) bond motifs is 3. The van der Waals surface area contributed by atoms with E-state index in [1.54, 1.807) is 11.8 Å². The van der Waals surface area contributed by atoms with Gasteiger partial charge in [0.1, 0.15) is 12.6 Å². The molecule has 2 aliphatic carbocycles. The molecule has 2 aliphatic rings. The van der Waals surface area contributed by atoms with E-state index in [2.05, 4.69) is 34.9 Å². The van der Waals surface area contributed by atoms with Crippen molar-refractivity contribution in [2.45, 2.75) is 43.7 Å². The monoisotopic (exact) mass is 482 g/mol. The Kier molecular flexibility index (Phi) is 7.77. The quantitative estimate of drug-likeness (QED) is 0.499. The van der Waals surface area contributed by atoms with Gasteiger partial charge in [-0.25, -0.2) is 9.59 Å². The second kappa shape index (κ2) is 11.0. The molecular weight excluding hydrogens is 452 g/mol. The maximum atomic E-state index is 12.6. The van der Waals surface area contributed by atoms with Crippen molar-refractivity contribution >= 4 is 29.7 Å². The number of carboxylic acid groups (broad SMARTS) is 1. The number of hydrogen-bond acceptors (Lipinski definition) is 5. The highest BCUT2D eigenvalue weighted by Crippen LogP contribution is 2.44. The third kappa shape index (κ3) is 5.38. The standard InChI is InChI=1S/C26H30N2O5S/c1-34-13-12-23(25(30)31)28-24(29)16-10-11-17(14-16)27-26(32)33-15-22-20-8-4-2-6-18(20)19-7-3-5-9-21(19)22/h2-9,16-17,22-23H,10-15H2,1H3,(H,27,32)(H,28,29)(H,30,31)/t16-,17+,23+/m1/s1. The molecule has 1 saturated carbocycles. The van der Waals surface area contributed by atoms with E-state index in [1.807, 2.05) is 30.5 Å². The van der Waals surface area contributed by atoms with Crippen LogP contribution >= 0.6 is 11.8 Å². The van der Waals surface area contributed by atoms with E-state index in [0.717, 1.165) is 11.1 Å². The van der Waals surface area contributed by atoms with E-state index in [-0.39, 0.29) is 30.4 Å². The van der Waals surface area contributed by atoms with Gasteiger partial charge < -0.3 is 20.5 Å². The average Bonchev–Trinajstić information content (AvgIpc) is 3.43. The number of benzene rings is 2. The van der Waals surface area contributed by atoms with Crippen LogP contribution in [0.15, 0.2) is 48.5 Å². The molecule has 7 nitrogen and oxygen atoms in total. The van der Waals surface area contributed by atoms with Crippen LogP contribution < -0.4 is 10.6 Å². The van der Waals surface area contributed by atoms with Gasteiger partial charge in [0.2, 0.25) is 5.91 Å². The molecule has 0 bridgehead atoms. The molecule has 4 rings (SSSR count). The Hall–Kier alpha value is -3.00. The van der Waals surface area contributed by atoms with Crippen LogP contribution in [0, 0.1) is 5.92 Å². The fourth-order valence-corrected chi connectivity index (χ4v) is 5.41. The normalized spacial score (nSPS) is 19.7. The highest BCUT2D eigenvalue weighted by atomic mass is 32.2. The SMILES string of the molecule is CSCC[C@H](NC(=O)[C@@H]1CC[C@H](NC(=O)OCC2c3ccccc3-c3ccccc32)C1)C(=O)O. The molecule has 3 N–H and O–H groups in total. The van der Waals surface area contributed by atoms with E-state index in [0.29, 0.717) is 31.4 Å². The number of thioether (sulfide) groups is 1. The minimum Gasteiger partial charge on any atom is -0.480 e. The highest BCUT2D eigenvalue weighted by molar-refractivity contribution is 7.98. The minimum atomic E-state index is -1.02. The lowest BCUT2D eigenvalue weighted by Crippen LogP contribution is -2.44. The smallest absolute Gasteiger partial charge is 0.407 e. The van der Waals surface area contributed by atoms with E-state index < -0.39 is 18.1 Å². The maximum Gasteiger partial charge on any atom is 0.407 e. The molecule has 0 radical (unpaired) electrons. The number of carboxylic acids is 1. The molecule has 3 atom stereocenters. The van der Waals surface area contributed by atoms with Crippen molar-refractivity contribution in [1.82, 2.24) is 10.6 Å². The zero-order chi connectivity index (χ0) is 24.1. The fraction of sp³-hybridized carbons (Fsp3) is 0.423. The van der Waals surface area contributed by atoms with Crippen molar-refractivity contribution in [3.8, 4) is 11.1 Å². The molecule has 0 spiro atoms. The fourth-order valence-electron chi connectivity index (χ4n) is 4.94. The molecule has 0 aliphatic heterocycles. The van der Waals surface area contributed by atoms with Crippen LogP contribution in [0.1, 0.15) is 42.7 Å². The Morgan fingerprint density at radius 3 is 2.32 bits per heavy atom. The second-order valence-electron chi connectivity index (χ2n) is 8.86. The number of ether oxygens (including phenoxy) is 1. The van der Waals surface area contributed by atoms with Gasteiger partial charge in [-0.05, 0) is 59.9 Å². The topological polar surface area (TPSA) is 105 Å². The van der Waals surface area contributed by atoms with Crippen molar-refractivity contribution < 1.29 is 24.2 Å². The van der Waals surface area contributed by atoms with Crippen LogP contribution in [-0.2, 0) is 14.3 Å². The summed E-state index contributed by atoms with van der Waals surface area (Å²) < 4.78 is 5.61. The number of nitrogens with one attached hydrogen (secondary N) is 2. The lowest BCUT2D eigenvalue weighted by molar-refractivity contribution is -0.142. The van der Waals surface area contributed by atoms with Crippen LogP contribution in [0.2, 0.25) is 0 Å². The number of hydrogen-bond donors (Lipinski definition) is 3. The lowest BCUT2D eigenvalue weighted by atomic mass is 9.98. The molecule has 8 heteroatoms. The van der Waals surface area contributed by atoms with Crippen molar-refractivity contribution in [2.24, 2.45) is 5.92 Å². The zero-order valence-corrected chi connectivity index (χ0v) is 20.0. The number of amides is 2. The number of alkyl carbamates (subject to hydrolysis) is 1. The summed E-state index contributed by atoms with van der Waals surface area (Å²) in [4.78, 5) is 36.5. The first-order chi connectivity index (χ1) is 16.5. The molecule has 0 saturated heterocycles. The van der Waals surface area contributed by atoms with Crippen LogP contribution in [0.3, 0.4) is 0 Å². The van der Waals surface area contributed by atoms with E-state index in [1.165, 1.54) is 11.1 Å². The van der Waals surface area contributed by atoms with Gasteiger partial charge in [-0.1, -0.05) is 48.5 Å². The largest absolute Gasteiger partial charge is 0.480 e. The van der Waals surface area contributed by atoms with Gasteiger partial charge >= 0.3 is 12.1 Å². The summed E-state index contributed by atoms with van der Waals surface area (Å²) in [5, 5.41) is 14.9. The van der Waals surface area contributed by atoms with Crippen LogP contribution in [0.25, 0.3) is 11.1 Å². The Balaban J connectivity index is 1.28. The number of carbonyl (C=O) groups is 3. The predicted octanol–water partition coefficient (Wildman–Crippen LogP) is 4.02. The molecular formula is C26H30N2O5S. The lowest BCUT2D eigenvalue weighted by Gasteiger charge is -2.18. The molecule has 2 aromatic rings. The van der Waals surface area contributed by atoms with Gasteiger partial charge in [0.25, 0.3) is 0 Å². The first-order valence-electron chi connectivity index (χ1n) is 11.6. The molecule has 0 aromatic heterocycles. The third-order valence-electron chi connectivity index (χ3n) is 6.69. The zero-order valence-electron chi connectivity index (χ0n) is 19.2. The molecule has 2 amide bonds. The van der Waals surface area contributed by atoms with Gasteiger partial charge in [-0.3, -0.25) is 4.79 Å². The maximum absolute atomic E-state index is 12.6. The number of aliphatic carboxylic acids is 1. The number of carbonyl (C=O) groups excluding carboxylic acids is 2. The van der Waals surface area contributed by atoms with Crippen molar-refractivity contribution in [3.05, 3.63) is 59.7 Å². The molecule has 0 heterocycles. The molecule has 0 unspecified atom stereocenters. The van der Waals surface area contributed by atoms with E-state index >= 15 is 0 Å². The molecule has 34 heavy (non-hydrogen) atoms. The van der Waals surface area contributed by atoms with Crippen LogP contribution in [0.5, 0.6) is 0 Å². The molecule has 2 aromatic carbocycles. The first-order valence-corrected chi connectivity index (χ1v) is 13.0. The van der Waals surface area contributed by atoms with Crippen molar-refractivity contribution in [3.63, 3.8) is 0 Å². The summed E-state index contributed by atoms with van der Waals surface area (Å²) >= 11 is 1.54. The highest BCUT2D eigenvalue weighted by Gasteiger charge is 2.34. The van der Waals surface area contributed by atoms with Gasteiger partial charge in [0, 0.05) is 17.9 Å². The van der Waals surface area contributed by atoms with Gasteiger partial charge in [0.05, 0.1) is 0 Å². The summed E-state index contributed by atoms with van der Waals surface area (Å²) in [5.74, 6) is -0.933. The summed E-state index contributed by atoms with van der Waals surface area (Å²) in [6.45, 7) is 0.242. The molecule has 1 fully saturated rings. The summed E-state index contributed by atoms with van der Waals surface area (Å²) in [6.07, 6.45) is 3.54. The molecule has 180 valence electrons. The predicted molar refractivity (Wildman–Crippen MR) is 132 cm³/mol. The van der Waals surface area contributed by atoms with Crippen molar-refractivity contribution in [2.75, 3.05) is 18.6 Å². The Bertz CT molecular complexity index is 1010.